The zero-order chi connectivity index (χ0) is 18.8. The minimum Gasteiger partial charge on any atom is -0.376 e. The highest BCUT2D eigenvalue weighted by Crippen LogP contribution is 2.13. The van der Waals surface area contributed by atoms with Crippen LogP contribution < -0.4 is 0 Å². The van der Waals surface area contributed by atoms with Crippen molar-refractivity contribution in [1.82, 2.24) is 24.5 Å². The zero-order valence-corrected chi connectivity index (χ0v) is 14.4. The lowest BCUT2D eigenvalue weighted by Crippen LogP contribution is -2.12. The van der Waals surface area contributed by atoms with Crippen molar-refractivity contribution >= 4 is 5.82 Å². The van der Waals surface area contributed by atoms with Crippen LogP contribution in [0.2, 0.25) is 0 Å². The Morgan fingerprint density at radius 2 is 2.04 bits per heavy atom. The normalized spacial score (nSPS) is 11.2. The van der Waals surface area contributed by atoms with Crippen LogP contribution in [0.4, 0.5) is 10.2 Å². The van der Waals surface area contributed by atoms with Gasteiger partial charge in [0.25, 0.3) is 0 Å². The summed E-state index contributed by atoms with van der Waals surface area (Å²) in [5, 5.41) is 18.7. The number of alkyl halides is 1. The molecule has 2 aromatic heterocycles. The molecule has 0 aliphatic heterocycles. The Bertz CT molecular complexity index is 691. The van der Waals surface area contributed by atoms with Crippen molar-refractivity contribution < 1.29 is 23.5 Å². The molecule has 0 aromatic carbocycles. The number of nitrogens with zero attached hydrogens (tertiary/aromatic N) is 6. The molecule has 144 valence electrons. The molecule has 0 aliphatic rings. The Morgan fingerprint density at radius 1 is 1.23 bits per heavy atom. The smallest absolute Gasteiger partial charge is 0.342 e. The van der Waals surface area contributed by atoms with Crippen LogP contribution in [0.3, 0.4) is 0 Å². The third kappa shape index (κ3) is 6.13. The van der Waals surface area contributed by atoms with Gasteiger partial charge in [-0.15, -0.1) is 5.10 Å². The highest BCUT2D eigenvalue weighted by molar-refractivity contribution is 5.18. The van der Waals surface area contributed by atoms with Crippen molar-refractivity contribution in [3.05, 3.63) is 34.0 Å². The summed E-state index contributed by atoms with van der Waals surface area (Å²) in [4.78, 5) is 14.3. The SMILES string of the molecule is Cc1ncc([N+](=O)[O-])n1CCOCn1cc(COCCOCC[18F])nn1. The summed E-state index contributed by atoms with van der Waals surface area (Å²) >= 11 is 0. The Balaban J connectivity index is 1.65. The number of hydrogen-bond acceptors (Lipinski definition) is 8. The van der Waals surface area contributed by atoms with E-state index in [1.165, 1.54) is 15.4 Å². The van der Waals surface area contributed by atoms with Gasteiger partial charge < -0.3 is 24.3 Å². The van der Waals surface area contributed by atoms with Gasteiger partial charge in [-0.1, -0.05) is 5.21 Å². The third-order valence-corrected chi connectivity index (χ3v) is 3.33. The van der Waals surface area contributed by atoms with Gasteiger partial charge in [-0.05, 0) is 4.92 Å². The monoisotopic (exact) mass is 371 g/mol. The molecule has 0 bridgehead atoms. The molecular formula is C14H21FN6O5. The second-order valence-electron chi connectivity index (χ2n) is 5.21. The van der Waals surface area contributed by atoms with Gasteiger partial charge in [0, 0.05) is 6.92 Å². The quantitative estimate of drug-likeness (QED) is 0.289. The first-order chi connectivity index (χ1) is 12.6. The largest absolute Gasteiger partial charge is 0.376 e. The van der Waals surface area contributed by atoms with E-state index < -0.39 is 11.6 Å². The summed E-state index contributed by atoms with van der Waals surface area (Å²) in [7, 11) is 0. The first kappa shape index (κ1) is 19.9. The van der Waals surface area contributed by atoms with Crippen molar-refractivity contribution in [2.75, 3.05) is 33.1 Å². The first-order valence-corrected chi connectivity index (χ1v) is 7.96. The van der Waals surface area contributed by atoms with E-state index in [0.29, 0.717) is 31.3 Å². The van der Waals surface area contributed by atoms with E-state index in [1.807, 2.05) is 0 Å². The molecule has 0 spiro atoms. The van der Waals surface area contributed by atoms with Gasteiger partial charge >= 0.3 is 5.82 Å². The van der Waals surface area contributed by atoms with Crippen LogP contribution in [-0.2, 0) is 34.1 Å². The fourth-order valence-electron chi connectivity index (χ4n) is 2.11. The lowest BCUT2D eigenvalue weighted by molar-refractivity contribution is -0.392. The molecule has 0 atom stereocenters. The molecule has 0 saturated heterocycles. The molecule has 0 unspecified atom stereocenters. The van der Waals surface area contributed by atoms with E-state index >= 15 is 0 Å². The summed E-state index contributed by atoms with van der Waals surface area (Å²) < 4.78 is 30.5. The molecule has 0 saturated carbocycles. The maximum Gasteiger partial charge on any atom is 0.342 e. The number of ether oxygens (including phenoxy) is 3. The molecule has 0 fully saturated rings. The van der Waals surface area contributed by atoms with E-state index in [1.54, 1.807) is 13.1 Å². The van der Waals surface area contributed by atoms with Crippen molar-refractivity contribution in [3.63, 3.8) is 0 Å². The minimum absolute atomic E-state index is 0.0678. The van der Waals surface area contributed by atoms with E-state index in [9.17, 15) is 14.5 Å². The predicted octanol–water partition coefficient (Wildman–Crippen LogP) is 0.868. The topological polar surface area (TPSA) is 119 Å². The molecule has 0 amide bonds. The standard InChI is InChI=1S/C14H21FN6O5/c1-12-16-8-14(21(22)23)20(12)3-5-26-11-19-9-13(17-18-19)10-25-7-6-24-4-2-15/h8-9H,2-7,10-11H2,1H3/i15-1. The van der Waals surface area contributed by atoms with Gasteiger partial charge in [-0.2, -0.15) is 0 Å². The molecule has 2 aromatic rings. The van der Waals surface area contributed by atoms with Gasteiger partial charge in [0.1, 0.15) is 31.8 Å². The fraction of sp³-hybridized carbons (Fsp3) is 0.643. The number of aromatic nitrogens is 5. The van der Waals surface area contributed by atoms with E-state index in [-0.39, 0.29) is 32.4 Å². The van der Waals surface area contributed by atoms with Crippen LogP contribution in [0.1, 0.15) is 11.5 Å². The van der Waals surface area contributed by atoms with E-state index in [4.69, 9.17) is 14.2 Å². The average molecular weight is 371 g/mol. The van der Waals surface area contributed by atoms with Crippen LogP contribution in [-0.4, -0.2) is 62.6 Å². The second-order valence-corrected chi connectivity index (χ2v) is 5.21. The molecule has 2 rings (SSSR count). The highest BCUT2D eigenvalue weighted by atomic mass is 18.2. The number of halogens is 1. The van der Waals surface area contributed by atoms with Crippen LogP contribution in [0.5, 0.6) is 0 Å². The summed E-state index contributed by atoms with van der Waals surface area (Å²) in [5.74, 6) is 0.484. The number of imidazole rings is 1. The molecule has 0 N–H and O–H groups in total. The summed E-state index contributed by atoms with van der Waals surface area (Å²) in [6.45, 7) is 2.91. The second kappa shape index (κ2) is 10.5. The minimum atomic E-state index is -0.512. The lowest BCUT2D eigenvalue weighted by atomic mass is 10.5. The summed E-state index contributed by atoms with van der Waals surface area (Å²) in [6.07, 6.45) is 2.90. The molecule has 12 heteroatoms. The number of aryl methyl sites for hydroxylation is 1. The molecule has 0 radical (unpaired) electrons. The van der Waals surface area contributed by atoms with Gasteiger partial charge in [0.2, 0.25) is 0 Å². The number of rotatable bonds is 13. The van der Waals surface area contributed by atoms with Crippen molar-refractivity contribution in [2.24, 2.45) is 0 Å². The Hall–Kier alpha value is -2.44. The summed E-state index contributed by atoms with van der Waals surface area (Å²) in [5.41, 5.74) is 0.625. The maximum absolute atomic E-state index is 11.8. The Labute approximate surface area is 148 Å². The van der Waals surface area contributed by atoms with Crippen molar-refractivity contribution in [1.29, 1.82) is 0 Å². The zero-order valence-electron chi connectivity index (χ0n) is 14.4. The molecule has 11 nitrogen and oxygen atoms in total. The molecule has 2 heterocycles. The van der Waals surface area contributed by atoms with Crippen molar-refractivity contribution in [3.8, 4) is 0 Å². The van der Waals surface area contributed by atoms with Crippen LogP contribution >= 0.6 is 0 Å². The number of hydrogen-bond donors (Lipinski definition) is 0. The Morgan fingerprint density at radius 3 is 2.81 bits per heavy atom. The molecular weight excluding hydrogens is 350 g/mol. The van der Waals surface area contributed by atoms with Crippen molar-refractivity contribution in [2.45, 2.75) is 26.8 Å². The lowest BCUT2D eigenvalue weighted by Gasteiger charge is -2.04. The third-order valence-electron chi connectivity index (χ3n) is 3.33. The average Bonchev–Trinajstić information content (AvgIpc) is 3.21. The molecule has 26 heavy (non-hydrogen) atoms. The number of nitro groups is 1. The van der Waals surface area contributed by atoms with E-state index in [0.717, 1.165) is 0 Å². The van der Waals surface area contributed by atoms with Gasteiger partial charge in [0.05, 0.1) is 39.2 Å². The summed E-state index contributed by atoms with van der Waals surface area (Å²) in [6, 6.07) is 0. The first-order valence-electron chi connectivity index (χ1n) is 7.96. The van der Waals surface area contributed by atoms with Crippen LogP contribution in [0.15, 0.2) is 12.4 Å². The van der Waals surface area contributed by atoms with Crippen LogP contribution in [0.25, 0.3) is 0 Å². The van der Waals surface area contributed by atoms with Crippen LogP contribution in [0, 0.1) is 17.0 Å². The predicted molar refractivity (Wildman–Crippen MR) is 86.0 cm³/mol. The van der Waals surface area contributed by atoms with Gasteiger partial charge in [-0.3, -0.25) is 0 Å². The van der Waals surface area contributed by atoms with E-state index in [2.05, 4.69) is 15.3 Å². The molecule has 0 aliphatic carbocycles. The fourth-order valence-corrected chi connectivity index (χ4v) is 2.11. The maximum atomic E-state index is 11.8. The highest BCUT2D eigenvalue weighted by Gasteiger charge is 2.16. The Kier molecular flexibility index (Phi) is 8.05. The van der Waals surface area contributed by atoms with Gasteiger partial charge in [0.15, 0.2) is 5.82 Å². The van der Waals surface area contributed by atoms with Gasteiger partial charge in [-0.25, -0.2) is 18.6 Å².